The van der Waals surface area contributed by atoms with Crippen molar-refractivity contribution in [3.8, 4) is 0 Å². The maximum Gasteiger partial charge on any atom is 0.245 e. The van der Waals surface area contributed by atoms with Crippen molar-refractivity contribution >= 4 is 40.4 Å². The molecule has 51 heavy (non-hydrogen) atoms. The van der Waals surface area contributed by atoms with Crippen LogP contribution in [0.3, 0.4) is 0 Å². The van der Waals surface area contributed by atoms with Gasteiger partial charge in [-0.3, -0.25) is 14.4 Å². The molecule has 0 aliphatic carbocycles. The van der Waals surface area contributed by atoms with Gasteiger partial charge in [-0.05, 0) is 91.6 Å². The first-order chi connectivity index (χ1) is 24.7. The Bertz CT molecular complexity index is 1790. The molecule has 0 unspecified atom stereocenters. The van der Waals surface area contributed by atoms with Crippen LogP contribution in [0.5, 0.6) is 0 Å². The number of para-hydroxylation sites is 1. The number of fused-ring (bicyclic) bond motifs is 3. The molecule has 4 aromatic rings. The average molecular weight is 712 g/mol. The smallest absolute Gasteiger partial charge is 0.245 e. The predicted octanol–water partition coefficient (Wildman–Crippen LogP) is 4.95. The number of carbonyl (C=O) groups excluding carboxylic acids is 3. The minimum absolute atomic E-state index is 0.262. The first-order valence-electron chi connectivity index (χ1n) is 18.1. The van der Waals surface area contributed by atoms with Crippen molar-refractivity contribution < 1.29 is 14.4 Å². The van der Waals surface area contributed by atoms with Gasteiger partial charge < -0.3 is 37.3 Å². The van der Waals surface area contributed by atoms with Crippen LogP contribution >= 0.6 is 11.8 Å². The molecule has 0 spiro atoms. The van der Waals surface area contributed by atoms with E-state index in [0.29, 0.717) is 70.6 Å². The third-order valence-electron chi connectivity index (χ3n) is 9.72. The number of nitrogens with zero attached hydrogens (tertiary/aromatic N) is 1. The Labute approximate surface area is 305 Å². The average Bonchev–Trinajstić information content (AvgIpc) is 3.55. The SMILES string of the molecule is CC(C)c1ccc2c(c1)CNC(=O)[C@H](Cc1c[nH]c3ccccc13)N(C)C(=O)[C@H](CCCCN)NC(=O)[C@H](CCCN)NCc1ccccc1S2. The normalized spacial score (nSPS) is 19.4. The molecule has 8 N–H and O–H groups in total. The lowest BCUT2D eigenvalue weighted by atomic mass is 10.00. The summed E-state index contributed by atoms with van der Waals surface area (Å²) in [6.07, 6.45) is 5.14. The summed E-state index contributed by atoms with van der Waals surface area (Å²) in [6, 6.07) is 20.3. The summed E-state index contributed by atoms with van der Waals surface area (Å²) in [6.45, 7) is 6.00. The van der Waals surface area contributed by atoms with Gasteiger partial charge in [0.1, 0.15) is 12.1 Å². The standard InChI is InChI=1S/C40H53N7O3S/c1-26(2)27-17-18-37-30(21-27)25-45-39(49)35(22-29-24-43-32-13-6-5-12-31(29)32)47(3)40(50)34(14-8-9-19-41)46-38(48)33(15-10-20-42)44-23-28-11-4-7-16-36(28)51-37/h4-7,11-13,16-18,21,24,26,33-35,43-44H,8-10,14-15,19-20,22-23,25,41-42H2,1-3H3,(H,45,49)(H,46,48)/t33-,34-,35-/m0/s1. The van der Waals surface area contributed by atoms with Gasteiger partial charge in [0.2, 0.25) is 17.7 Å². The Morgan fingerprint density at radius 1 is 0.824 bits per heavy atom. The zero-order chi connectivity index (χ0) is 36.3. The van der Waals surface area contributed by atoms with Gasteiger partial charge in [-0.25, -0.2) is 0 Å². The molecule has 5 rings (SSSR count). The van der Waals surface area contributed by atoms with Gasteiger partial charge in [0.05, 0.1) is 6.04 Å². The Morgan fingerprint density at radius 2 is 1.55 bits per heavy atom. The van der Waals surface area contributed by atoms with Crippen molar-refractivity contribution in [2.24, 2.45) is 11.5 Å². The second-order valence-corrected chi connectivity index (χ2v) is 14.8. The van der Waals surface area contributed by atoms with Crippen LogP contribution in [0.15, 0.2) is 82.7 Å². The highest BCUT2D eigenvalue weighted by Crippen LogP contribution is 2.35. The number of rotatable bonds is 10. The molecule has 0 saturated carbocycles. The zero-order valence-electron chi connectivity index (χ0n) is 30.0. The molecule has 0 saturated heterocycles. The van der Waals surface area contributed by atoms with Crippen LogP contribution in [0.25, 0.3) is 10.9 Å². The Morgan fingerprint density at radius 3 is 2.33 bits per heavy atom. The maximum absolute atomic E-state index is 14.4. The molecule has 0 fully saturated rings. The molecule has 1 aromatic heterocycles. The minimum atomic E-state index is -0.836. The van der Waals surface area contributed by atoms with Crippen LogP contribution in [-0.4, -0.2) is 65.9 Å². The Hall–Kier alpha value is -4.16. The van der Waals surface area contributed by atoms with Crippen LogP contribution in [0, 0.1) is 0 Å². The van der Waals surface area contributed by atoms with Crippen LogP contribution in [0.1, 0.15) is 74.1 Å². The monoisotopic (exact) mass is 711 g/mol. The molecule has 3 amide bonds. The Balaban J connectivity index is 1.57. The second-order valence-electron chi connectivity index (χ2n) is 13.7. The van der Waals surface area contributed by atoms with Crippen molar-refractivity contribution in [3.05, 3.63) is 95.2 Å². The van der Waals surface area contributed by atoms with E-state index < -0.39 is 18.1 Å². The first kappa shape index (κ1) is 38.1. The van der Waals surface area contributed by atoms with Crippen LogP contribution in [0.4, 0.5) is 0 Å². The molecular formula is C40H53N7O3S. The topological polar surface area (TPSA) is 158 Å². The number of amides is 3. The predicted molar refractivity (Wildman–Crippen MR) is 205 cm³/mol. The summed E-state index contributed by atoms with van der Waals surface area (Å²) in [7, 11) is 1.67. The highest BCUT2D eigenvalue weighted by atomic mass is 32.2. The lowest BCUT2D eigenvalue weighted by Crippen LogP contribution is -2.57. The summed E-state index contributed by atoms with van der Waals surface area (Å²) < 4.78 is 0. The third kappa shape index (κ3) is 9.79. The lowest BCUT2D eigenvalue weighted by Gasteiger charge is -2.32. The molecule has 3 aromatic carbocycles. The van der Waals surface area contributed by atoms with E-state index in [0.717, 1.165) is 37.4 Å². The summed E-state index contributed by atoms with van der Waals surface area (Å²) >= 11 is 1.65. The van der Waals surface area contributed by atoms with E-state index in [1.165, 1.54) is 10.5 Å². The van der Waals surface area contributed by atoms with Crippen LogP contribution in [0.2, 0.25) is 0 Å². The minimum Gasteiger partial charge on any atom is -0.361 e. The molecule has 10 nitrogen and oxygen atoms in total. The number of likely N-dealkylation sites (N-methyl/N-ethyl adjacent to an activating group) is 1. The quantitative estimate of drug-likeness (QED) is 0.127. The fourth-order valence-electron chi connectivity index (χ4n) is 6.58. The molecule has 272 valence electrons. The fourth-order valence-corrected chi connectivity index (χ4v) is 7.63. The first-order valence-corrected chi connectivity index (χ1v) is 18.9. The lowest BCUT2D eigenvalue weighted by molar-refractivity contribution is -0.142. The van der Waals surface area contributed by atoms with E-state index in [-0.39, 0.29) is 17.7 Å². The highest BCUT2D eigenvalue weighted by molar-refractivity contribution is 7.99. The van der Waals surface area contributed by atoms with Crippen LogP contribution < -0.4 is 27.4 Å². The Kier molecular flexibility index (Phi) is 13.7. The maximum atomic E-state index is 14.4. The number of aromatic amines is 1. The summed E-state index contributed by atoms with van der Waals surface area (Å²) in [5.41, 5.74) is 16.8. The van der Waals surface area contributed by atoms with Gasteiger partial charge >= 0.3 is 0 Å². The van der Waals surface area contributed by atoms with E-state index in [9.17, 15) is 14.4 Å². The van der Waals surface area contributed by atoms with Gasteiger partial charge in [0.25, 0.3) is 0 Å². The van der Waals surface area contributed by atoms with Crippen molar-refractivity contribution in [2.75, 3.05) is 20.1 Å². The van der Waals surface area contributed by atoms with Gasteiger partial charge in [-0.2, -0.15) is 0 Å². The highest BCUT2D eigenvalue weighted by Gasteiger charge is 2.34. The molecule has 3 atom stereocenters. The van der Waals surface area contributed by atoms with Crippen LogP contribution in [-0.2, 0) is 33.9 Å². The number of hydrogen-bond acceptors (Lipinski definition) is 7. The number of unbranched alkanes of at least 4 members (excludes halogenated alkanes) is 1. The summed E-state index contributed by atoms with van der Waals surface area (Å²) in [5, 5.41) is 10.8. The molecule has 0 radical (unpaired) electrons. The van der Waals surface area contributed by atoms with Gasteiger partial charge in [0, 0.05) is 53.4 Å². The number of benzene rings is 3. The van der Waals surface area contributed by atoms with E-state index in [4.69, 9.17) is 11.5 Å². The molecule has 1 aliphatic heterocycles. The number of carbonyl (C=O) groups is 3. The largest absolute Gasteiger partial charge is 0.361 e. The van der Waals surface area contributed by atoms with Gasteiger partial charge in [-0.1, -0.05) is 74.1 Å². The van der Waals surface area contributed by atoms with E-state index in [1.807, 2.05) is 42.6 Å². The van der Waals surface area contributed by atoms with Gasteiger partial charge in [-0.15, -0.1) is 0 Å². The van der Waals surface area contributed by atoms with Crippen molar-refractivity contribution in [1.29, 1.82) is 0 Å². The number of hydrogen-bond donors (Lipinski definition) is 6. The van der Waals surface area contributed by atoms with Crippen molar-refractivity contribution in [2.45, 2.75) is 99.3 Å². The summed E-state index contributed by atoms with van der Waals surface area (Å²) in [5.74, 6) is -0.532. The number of H-pyrrole nitrogens is 1. The summed E-state index contributed by atoms with van der Waals surface area (Å²) in [4.78, 5) is 49.7. The third-order valence-corrected chi connectivity index (χ3v) is 11.0. The number of aromatic nitrogens is 1. The number of nitrogens with one attached hydrogen (secondary N) is 4. The molecule has 11 heteroatoms. The molecule has 2 heterocycles. The molecular weight excluding hydrogens is 659 g/mol. The number of nitrogens with two attached hydrogens (primary N) is 2. The van der Waals surface area contributed by atoms with Crippen molar-refractivity contribution in [3.63, 3.8) is 0 Å². The second kappa shape index (κ2) is 18.4. The van der Waals surface area contributed by atoms with E-state index >= 15 is 0 Å². The van der Waals surface area contributed by atoms with E-state index in [2.05, 4.69) is 65.1 Å². The molecule has 1 aliphatic rings. The fraction of sp³-hybridized carbons (Fsp3) is 0.425. The van der Waals surface area contributed by atoms with Crippen molar-refractivity contribution in [1.82, 2.24) is 25.8 Å². The molecule has 0 bridgehead atoms. The van der Waals surface area contributed by atoms with Gasteiger partial charge in [0.15, 0.2) is 0 Å². The van der Waals surface area contributed by atoms with E-state index in [1.54, 1.807) is 18.8 Å². The zero-order valence-corrected chi connectivity index (χ0v) is 30.9.